The molecule has 0 aliphatic carbocycles. The molecule has 6 N–H and O–H groups in total. The molecule has 0 bridgehead atoms. The van der Waals surface area contributed by atoms with Crippen molar-refractivity contribution in [3.05, 3.63) is 0 Å². The van der Waals surface area contributed by atoms with Gasteiger partial charge in [0.05, 0.1) is 32.5 Å². The van der Waals surface area contributed by atoms with Crippen LogP contribution in [0.15, 0.2) is 0 Å². The van der Waals surface area contributed by atoms with Crippen LogP contribution in [0.3, 0.4) is 0 Å². The molecule has 2 rings (SSSR count). The average Bonchev–Trinajstić information content (AvgIpc) is 2.84. The first-order chi connectivity index (χ1) is 18.3. The summed E-state index contributed by atoms with van der Waals surface area (Å²) >= 11 is 0. The normalized spacial score (nSPS) is 23.0. The number of carbonyl (C=O) groups excluding carboxylic acids is 1. The van der Waals surface area contributed by atoms with Crippen LogP contribution in [0.4, 0.5) is 0 Å². The molecular weight excluding hydrogens is 532 g/mol. The van der Waals surface area contributed by atoms with Crippen molar-refractivity contribution in [1.29, 1.82) is 0 Å². The Morgan fingerprint density at radius 3 is 1.22 bits per heavy atom. The van der Waals surface area contributed by atoms with Crippen molar-refractivity contribution in [1.82, 2.24) is 9.80 Å². The first-order valence-electron chi connectivity index (χ1n) is 14.3. The zero-order chi connectivity index (χ0) is 32.8. The number of likely N-dealkylation sites (tertiary alicyclic amines) is 2. The van der Waals surface area contributed by atoms with Gasteiger partial charge in [-0.1, -0.05) is 0 Å². The molecule has 0 spiro atoms. The molecule has 244 valence electrons. The lowest BCUT2D eigenvalue weighted by molar-refractivity contribution is -0.174. The number of aliphatic hydroxyl groups is 5. The molecule has 0 radical (unpaired) electrons. The summed E-state index contributed by atoms with van der Waals surface area (Å²) < 4.78 is 5.57. The van der Waals surface area contributed by atoms with Crippen molar-refractivity contribution in [3.8, 4) is 0 Å². The van der Waals surface area contributed by atoms with Crippen molar-refractivity contribution < 1.29 is 45.0 Å². The fourth-order valence-electron chi connectivity index (χ4n) is 5.34. The Labute approximate surface area is 247 Å². The Hall–Kier alpha value is -1.34. The molecule has 11 nitrogen and oxygen atoms in total. The second-order valence-electron chi connectivity index (χ2n) is 14.9. The zero-order valence-electron chi connectivity index (χ0n) is 27.6. The number of aliphatic hydroxyl groups excluding tert-OH is 5. The molecule has 2 saturated heterocycles. The van der Waals surface area contributed by atoms with Gasteiger partial charge in [0.15, 0.2) is 0 Å². The highest BCUT2D eigenvalue weighted by molar-refractivity contribution is 5.77. The van der Waals surface area contributed by atoms with Crippen molar-refractivity contribution in [2.75, 3.05) is 40.5 Å². The predicted octanol–water partition coefficient (Wildman–Crippen LogP) is 1.86. The lowest BCUT2D eigenvalue weighted by Crippen LogP contribution is -2.60. The van der Waals surface area contributed by atoms with Crippen molar-refractivity contribution in [3.63, 3.8) is 0 Å². The molecule has 2 aliphatic heterocycles. The largest absolute Gasteiger partial charge is 0.481 e. The number of carboxylic acids is 1. The van der Waals surface area contributed by atoms with Crippen LogP contribution in [0.1, 0.15) is 94.9 Å². The fraction of sp³-hybridized carbons (Fsp3) is 0.933. The third-order valence-corrected chi connectivity index (χ3v) is 9.24. The number of carbonyl (C=O) groups is 2. The number of aliphatic carboxylic acids is 1. The summed E-state index contributed by atoms with van der Waals surface area (Å²) in [6.45, 7) is 18.2. The van der Waals surface area contributed by atoms with Gasteiger partial charge in [0, 0.05) is 35.0 Å². The van der Waals surface area contributed by atoms with E-state index in [1.807, 2.05) is 0 Å². The van der Waals surface area contributed by atoms with Crippen LogP contribution in [0.25, 0.3) is 0 Å². The lowest BCUT2D eigenvalue weighted by Gasteiger charge is -2.53. The van der Waals surface area contributed by atoms with E-state index in [-0.39, 0.29) is 34.4 Å². The Kier molecular flexibility index (Phi) is 14.0. The summed E-state index contributed by atoms with van der Waals surface area (Å²) in [6, 6.07) is 0. The van der Waals surface area contributed by atoms with E-state index in [0.29, 0.717) is 0 Å². The Morgan fingerprint density at radius 1 is 0.683 bits per heavy atom. The van der Waals surface area contributed by atoms with E-state index in [1.165, 1.54) is 13.8 Å². The maximum atomic E-state index is 12.1. The maximum Gasteiger partial charge on any atom is 0.316 e. The van der Waals surface area contributed by atoms with Gasteiger partial charge < -0.3 is 35.4 Å². The molecule has 0 unspecified atom stereocenters. The molecule has 0 atom stereocenters. The van der Waals surface area contributed by atoms with Gasteiger partial charge in [0.1, 0.15) is 16.9 Å². The molecular formula is C30H60N2O9. The molecule has 2 fully saturated rings. The Morgan fingerprint density at radius 2 is 0.976 bits per heavy atom. The van der Waals surface area contributed by atoms with E-state index in [2.05, 4.69) is 79.3 Å². The van der Waals surface area contributed by atoms with Crippen LogP contribution < -0.4 is 0 Å². The van der Waals surface area contributed by atoms with Crippen molar-refractivity contribution in [2.45, 2.75) is 129 Å². The molecule has 2 aliphatic rings. The van der Waals surface area contributed by atoms with Gasteiger partial charge in [-0.25, -0.2) is 0 Å². The van der Waals surface area contributed by atoms with Crippen LogP contribution in [0.2, 0.25) is 0 Å². The maximum absolute atomic E-state index is 12.1. The highest BCUT2D eigenvalue weighted by Crippen LogP contribution is 2.39. The van der Waals surface area contributed by atoms with Crippen LogP contribution in [-0.2, 0) is 14.3 Å². The predicted molar refractivity (Wildman–Crippen MR) is 158 cm³/mol. The topological polar surface area (TPSA) is 171 Å². The number of carboxylic acid groups (broad SMARTS) is 1. The minimum absolute atomic E-state index is 0.0679. The molecule has 0 aromatic rings. The van der Waals surface area contributed by atoms with Gasteiger partial charge >= 0.3 is 11.9 Å². The lowest BCUT2D eigenvalue weighted by atomic mass is 9.78. The summed E-state index contributed by atoms with van der Waals surface area (Å²) in [5, 5.41) is 53.3. The minimum Gasteiger partial charge on any atom is -0.481 e. The second-order valence-corrected chi connectivity index (χ2v) is 14.9. The SMILES string of the molecule is CC(CO)(CO)C(=O)O.CN1C(C)(C)CC(O)CC1(C)C.CN1C(C)(C)CC(OC(=O)C(C)(CO)CO)CC1(C)C. The second kappa shape index (κ2) is 14.4. The summed E-state index contributed by atoms with van der Waals surface area (Å²) in [4.78, 5) is 27.0. The summed E-state index contributed by atoms with van der Waals surface area (Å²) in [5.41, 5.74) is -2.50. The number of ether oxygens (including phenoxy) is 1. The molecule has 0 amide bonds. The molecule has 0 saturated carbocycles. The summed E-state index contributed by atoms with van der Waals surface area (Å²) in [5.74, 6) is -1.71. The van der Waals surface area contributed by atoms with Gasteiger partial charge in [0.25, 0.3) is 0 Å². The van der Waals surface area contributed by atoms with Crippen LogP contribution >= 0.6 is 0 Å². The first-order valence-corrected chi connectivity index (χ1v) is 14.3. The smallest absolute Gasteiger partial charge is 0.316 e. The van der Waals surface area contributed by atoms with Crippen LogP contribution in [0, 0.1) is 10.8 Å². The number of rotatable bonds is 7. The Bertz CT molecular complexity index is 813. The third kappa shape index (κ3) is 10.4. The molecule has 0 aromatic carbocycles. The monoisotopic (exact) mass is 592 g/mol. The van der Waals surface area contributed by atoms with Crippen molar-refractivity contribution >= 4 is 11.9 Å². The van der Waals surface area contributed by atoms with E-state index < -0.39 is 49.2 Å². The molecule has 41 heavy (non-hydrogen) atoms. The van der Waals surface area contributed by atoms with Gasteiger partial charge in [-0.3, -0.25) is 19.4 Å². The average molecular weight is 593 g/mol. The summed E-state index contributed by atoms with van der Waals surface area (Å²) in [7, 11) is 4.23. The van der Waals surface area contributed by atoms with E-state index >= 15 is 0 Å². The first kappa shape index (κ1) is 39.7. The highest BCUT2D eigenvalue weighted by Gasteiger charge is 2.46. The van der Waals surface area contributed by atoms with Crippen molar-refractivity contribution in [2.24, 2.45) is 10.8 Å². The van der Waals surface area contributed by atoms with Gasteiger partial charge in [-0.2, -0.15) is 0 Å². The number of esters is 1. The van der Waals surface area contributed by atoms with Crippen LogP contribution in [0.5, 0.6) is 0 Å². The van der Waals surface area contributed by atoms with Gasteiger partial charge in [-0.05, 0) is 96.2 Å². The zero-order valence-corrected chi connectivity index (χ0v) is 27.6. The van der Waals surface area contributed by atoms with E-state index in [0.717, 1.165) is 25.7 Å². The number of nitrogens with zero attached hydrogens (tertiary/aromatic N) is 2. The quantitative estimate of drug-likeness (QED) is 0.238. The van der Waals surface area contributed by atoms with E-state index in [4.69, 9.17) is 20.1 Å². The number of hydrogen-bond acceptors (Lipinski definition) is 10. The van der Waals surface area contributed by atoms with E-state index in [9.17, 15) is 24.9 Å². The highest BCUT2D eigenvalue weighted by atomic mass is 16.5. The molecule has 11 heteroatoms. The fourth-order valence-corrected chi connectivity index (χ4v) is 5.34. The third-order valence-electron chi connectivity index (χ3n) is 9.24. The van der Waals surface area contributed by atoms with E-state index in [1.54, 1.807) is 0 Å². The van der Waals surface area contributed by atoms with Gasteiger partial charge in [-0.15, -0.1) is 0 Å². The van der Waals surface area contributed by atoms with Gasteiger partial charge in [0.2, 0.25) is 0 Å². The number of hydrogen-bond donors (Lipinski definition) is 6. The summed E-state index contributed by atoms with van der Waals surface area (Å²) in [6.07, 6.45) is 2.92. The molecule has 0 aromatic heterocycles. The minimum atomic E-state index is -1.39. The molecule has 2 heterocycles. The number of piperidine rings is 2. The standard InChI is InChI=1S/C15H29NO4.C10H21NO.C5H10O4/c1-13(2)7-11(8-14(3,4)16(13)6)20-12(19)15(5,9-17)10-18;1-9(2)6-8(12)7-10(3,4)11(9)5;1-5(2-6,3-7)4(8)9/h11,17-18H,7-10H2,1-6H3;8,12H,6-7H2,1-5H3;6-7H,2-3H2,1H3,(H,8,9). The van der Waals surface area contributed by atoms with Crippen LogP contribution in [-0.4, -0.2) is 127 Å². The Balaban J connectivity index is 0.000000646.